The zero-order valence-electron chi connectivity index (χ0n) is 17.1. The van der Waals surface area contributed by atoms with E-state index in [1.807, 2.05) is 0 Å². The molecule has 0 radical (unpaired) electrons. The van der Waals surface area contributed by atoms with Gasteiger partial charge >= 0.3 is 0 Å². The number of nitrogens with zero attached hydrogens (tertiary/aromatic N) is 2. The van der Waals surface area contributed by atoms with Gasteiger partial charge in [-0.15, -0.1) is 0 Å². The van der Waals surface area contributed by atoms with E-state index in [9.17, 15) is 18.0 Å². The Morgan fingerprint density at radius 2 is 1.71 bits per heavy atom. The molecular formula is C21H23Cl2N3O4S. The molecule has 7 nitrogen and oxygen atoms in total. The molecule has 0 bridgehead atoms. The Kier molecular flexibility index (Phi) is 7.26. The van der Waals surface area contributed by atoms with Crippen molar-refractivity contribution < 1.29 is 18.0 Å². The normalized spacial score (nSPS) is 16.5. The summed E-state index contributed by atoms with van der Waals surface area (Å²) in [4.78, 5) is 27.4. The molecule has 2 aromatic rings. The maximum absolute atomic E-state index is 12.9. The first kappa shape index (κ1) is 23.5. The fourth-order valence-corrected chi connectivity index (χ4v) is 4.85. The summed E-state index contributed by atoms with van der Waals surface area (Å²) in [5.41, 5.74) is 1.10. The molecule has 1 heterocycles. The van der Waals surface area contributed by atoms with Crippen molar-refractivity contribution in [3.8, 4) is 0 Å². The minimum absolute atomic E-state index is 0.181. The second-order valence-electron chi connectivity index (χ2n) is 7.46. The summed E-state index contributed by atoms with van der Waals surface area (Å²) in [5, 5.41) is 3.55. The number of sulfonamides is 1. The molecule has 0 spiro atoms. The third-order valence-electron chi connectivity index (χ3n) is 5.09. The molecule has 166 valence electrons. The topological polar surface area (TPSA) is 86.8 Å². The second-order valence-corrected chi connectivity index (χ2v) is 10.5. The summed E-state index contributed by atoms with van der Waals surface area (Å²) in [7, 11) is -0.569. The van der Waals surface area contributed by atoms with Crippen LogP contribution in [0.5, 0.6) is 0 Å². The van der Waals surface area contributed by atoms with Crippen molar-refractivity contribution in [1.82, 2.24) is 14.5 Å². The van der Waals surface area contributed by atoms with Gasteiger partial charge in [-0.1, -0.05) is 35.3 Å². The van der Waals surface area contributed by atoms with Crippen molar-refractivity contribution in [1.29, 1.82) is 0 Å². The molecule has 31 heavy (non-hydrogen) atoms. The van der Waals surface area contributed by atoms with Crippen molar-refractivity contribution in [3.05, 3.63) is 63.6 Å². The largest absolute Gasteiger partial charge is 0.350 e. The van der Waals surface area contributed by atoms with Crippen molar-refractivity contribution >= 4 is 45.0 Å². The summed E-state index contributed by atoms with van der Waals surface area (Å²) in [5.74, 6) is -0.552. The Morgan fingerprint density at radius 3 is 2.29 bits per heavy atom. The zero-order valence-corrected chi connectivity index (χ0v) is 19.5. The van der Waals surface area contributed by atoms with Gasteiger partial charge in [-0.05, 0) is 48.7 Å². The van der Waals surface area contributed by atoms with E-state index in [-0.39, 0.29) is 23.3 Å². The van der Waals surface area contributed by atoms with Crippen LogP contribution in [-0.4, -0.2) is 56.1 Å². The van der Waals surface area contributed by atoms with Gasteiger partial charge in [0.2, 0.25) is 15.9 Å². The lowest BCUT2D eigenvalue weighted by atomic mass is 10.1. The van der Waals surface area contributed by atoms with E-state index < -0.39 is 16.1 Å². The summed E-state index contributed by atoms with van der Waals surface area (Å²) in [6, 6.07) is 10.3. The van der Waals surface area contributed by atoms with Crippen LogP contribution >= 0.6 is 23.2 Å². The van der Waals surface area contributed by atoms with E-state index >= 15 is 0 Å². The molecule has 2 amide bonds. The number of hydrogen-bond acceptors (Lipinski definition) is 4. The lowest BCUT2D eigenvalue weighted by Crippen LogP contribution is -2.45. The average Bonchev–Trinajstić information content (AvgIpc) is 3.21. The molecule has 1 N–H and O–H groups in total. The van der Waals surface area contributed by atoms with Crippen molar-refractivity contribution in [3.63, 3.8) is 0 Å². The van der Waals surface area contributed by atoms with Crippen LogP contribution in [0.15, 0.2) is 47.4 Å². The first-order valence-electron chi connectivity index (χ1n) is 9.66. The Labute approximate surface area is 192 Å². The van der Waals surface area contributed by atoms with Gasteiger partial charge in [-0.25, -0.2) is 12.7 Å². The Morgan fingerprint density at radius 1 is 1.10 bits per heavy atom. The van der Waals surface area contributed by atoms with Gasteiger partial charge in [-0.2, -0.15) is 0 Å². The number of carbonyl (C=O) groups excluding carboxylic acids is 2. The number of likely N-dealkylation sites (tertiary alicyclic amines) is 1. The van der Waals surface area contributed by atoms with E-state index in [0.717, 1.165) is 16.3 Å². The van der Waals surface area contributed by atoms with E-state index in [2.05, 4.69) is 5.32 Å². The molecule has 0 aromatic heterocycles. The van der Waals surface area contributed by atoms with Crippen LogP contribution in [0.2, 0.25) is 10.0 Å². The molecule has 0 aliphatic carbocycles. The summed E-state index contributed by atoms with van der Waals surface area (Å²) < 4.78 is 25.4. The highest BCUT2D eigenvalue weighted by Gasteiger charge is 2.34. The van der Waals surface area contributed by atoms with Gasteiger partial charge in [-0.3, -0.25) is 9.59 Å². The number of hydrogen-bond donors (Lipinski definition) is 1. The average molecular weight is 484 g/mol. The number of carbonyl (C=O) groups is 2. The van der Waals surface area contributed by atoms with Crippen molar-refractivity contribution in [2.24, 2.45) is 0 Å². The number of halogens is 2. The molecule has 0 saturated carbocycles. The molecule has 1 aliphatic rings. The first-order valence-corrected chi connectivity index (χ1v) is 11.9. The standard InChI is InChI=1S/C21H23Cl2N3O4S/c1-25(2)31(29,30)18-7-5-14(6-8-18)13-24-20(27)19-4-3-9-26(19)21(28)15-10-16(22)12-17(23)11-15/h5-8,10-12,19H,3-4,9,13H2,1-2H3,(H,24,27). The summed E-state index contributed by atoms with van der Waals surface area (Å²) in [6.07, 6.45) is 1.28. The molecule has 2 aromatic carbocycles. The minimum Gasteiger partial charge on any atom is -0.350 e. The molecular weight excluding hydrogens is 461 g/mol. The minimum atomic E-state index is -3.50. The van der Waals surface area contributed by atoms with Gasteiger partial charge in [0, 0.05) is 42.8 Å². The summed E-state index contributed by atoms with van der Waals surface area (Å²) in [6.45, 7) is 0.695. The smallest absolute Gasteiger partial charge is 0.254 e. The molecule has 1 saturated heterocycles. The summed E-state index contributed by atoms with van der Waals surface area (Å²) >= 11 is 12.0. The van der Waals surface area contributed by atoms with Crippen molar-refractivity contribution in [2.75, 3.05) is 20.6 Å². The van der Waals surface area contributed by atoms with Gasteiger partial charge in [0.15, 0.2) is 0 Å². The maximum Gasteiger partial charge on any atom is 0.254 e. The molecule has 10 heteroatoms. The van der Waals surface area contributed by atoms with Crippen LogP contribution in [0.1, 0.15) is 28.8 Å². The Hall–Kier alpha value is -2.13. The quantitative estimate of drug-likeness (QED) is 0.683. The Bertz CT molecular complexity index is 1070. The predicted molar refractivity (Wildman–Crippen MR) is 120 cm³/mol. The number of benzene rings is 2. The fraction of sp³-hybridized carbons (Fsp3) is 0.333. The van der Waals surface area contributed by atoms with Crippen LogP contribution in [0.25, 0.3) is 0 Å². The van der Waals surface area contributed by atoms with Gasteiger partial charge in [0.05, 0.1) is 4.90 Å². The monoisotopic (exact) mass is 483 g/mol. The number of nitrogens with one attached hydrogen (secondary N) is 1. The lowest BCUT2D eigenvalue weighted by Gasteiger charge is -2.24. The SMILES string of the molecule is CN(C)S(=O)(=O)c1ccc(CNC(=O)C2CCCN2C(=O)c2cc(Cl)cc(Cl)c2)cc1. The Balaban J connectivity index is 1.65. The van der Waals surface area contributed by atoms with Gasteiger partial charge < -0.3 is 10.2 Å². The van der Waals surface area contributed by atoms with Crippen LogP contribution in [0.4, 0.5) is 0 Å². The molecule has 1 atom stereocenters. The highest BCUT2D eigenvalue weighted by atomic mass is 35.5. The zero-order chi connectivity index (χ0) is 22.8. The van der Waals surface area contributed by atoms with E-state index in [0.29, 0.717) is 28.6 Å². The molecule has 1 unspecified atom stereocenters. The highest BCUT2D eigenvalue weighted by Crippen LogP contribution is 2.24. The van der Waals surface area contributed by atoms with Gasteiger partial charge in [0.1, 0.15) is 6.04 Å². The molecule has 3 rings (SSSR count). The van der Waals surface area contributed by atoms with Crippen LogP contribution in [-0.2, 0) is 21.4 Å². The van der Waals surface area contributed by atoms with Crippen LogP contribution < -0.4 is 5.32 Å². The predicted octanol–water partition coefficient (Wildman–Crippen LogP) is 3.16. The van der Waals surface area contributed by atoms with Crippen molar-refractivity contribution in [2.45, 2.75) is 30.3 Å². The van der Waals surface area contributed by atoms with E-state index in [1.165, 1.54) is 43.3 Å². The number of rotatable bonds is 6. The lowest BCUT2D eigenvalue weighted by molar-refractivity contribution is -0.125. The highest BCUT2D eigenvalue weighted by molar-refractivity contribution is 7.89. The van der Waals surface area contributed by atoms with E-state index in [1.54, 1.807) is 18.2 Å². The van der Waals surface area contributed by atoms with Crippen LogP contribution in [0.3, 0.4) is 0 Å². The van der Waals surface area contributed by atoms with Crippen LogP contribution in [0, 0.1) is 0 Å². The molecule has 1 aliphatic heterocycles. The third kappa shape index (κ3) is 5.38. The third-order valence-corrected chi connectivity index (χ3v) is 7.36. The van der Waals surface area contributed by atoms with E-state index in [4.69, 9.17) is 23.2 Å². The first-order chi connectivity index (χ1) is 14.6. The maximum atomic E-state index is 12.9. The molecule has 1 fully saturated rings. The fourth-order valence-electron chi connectivity index (χ4n) is 3.42. The second kappa shape index (κ2) is 9.56. The van der Waals surface area contributed by atoms with Gasteiger partial charge in [0.25, 0.3) is 5.91 Å². The number of amides is 2.